The maximum Gasteiger partial charge on any atom is 0.303 e. The minimum absolute atomic E-state index is 0.111. The van der Waals surface area contributed by atoms with Crippen molar-refractivity contribution in [1.29, 1.82) is 0 Å². The molecule has 4 nitrogen and oxygen atoms in total. The monoisotopic (exact) mass is 243 g/mol. The summed E-state index contributed by atoms with van der Waals surface area (Å²) < 4.78 is 0. The quantitative estimate of drug-likeness (QED) is 0.747. The molecule has 0 spiro atoms. The van der Waals surface area contributed by atoms with E-state index >= 15 is 0 Å². The zero-order chi connectivity index (χ0) is 13.6. The predicted octanol–water partition coefficient (Wildman–Crippen LogP) is 2.52. The van der Waals surface area contributed by atoms with E-state index in [2.05, 4.69) is 0 Å². The molecule has 0 aliphatic rings. The Morgan fingerprint density at radius 2 is 1.82 bits per heavy atom. The van der Waals surface area contributed by atoms with Crippen LogP contribution in [-0.4, -0.2) is 34.5 Å². The number of amides is 1. The number of carbonyl (C=O) groups excluding carboxylic acids is 1. The maximum atomic E-state index is 12.3. The molecular formula is C13H25NO3. The molecule has 0 aliphatic heterocycles. The van der Waals surface area contributed by atoms with Crippen LogP contribution in [0.4, 0.5) is 0 Å². The lowest BCUT2D eigenvalue weighted by molar-refractivity contribution is -0.143. The average molecular weight is 243 g/mol. The van der Waals surface area contributed by atoms with Crippen molar-refractivity contribution in [1.82, 2.24) is 4.90 Å². The molecule has 0 unspecified atom stereocenters. The van der Waals surface area contributed by atoms with Crippen LogP contribution in [0.1, 0.15) is 53.9 Å². The summed E-state index contributed by atoms with van der Waals surface area (Å²) in [6, 6.07) is 0.113. The van der Waals surface area contributed by atoms with Crippen molar-refractivity contribution >= 4 is 11.9 Å². The summed E-state index contributed by atoms with van der Waals surface area (Å²) in [6.45, 7) is 10.3. The van der Waals surface area contributed by atoms with Crippen LogP contribution < -0.4 is 0 Å². The zero-order valence-corrected chi connectivity index (χ0v) is 11.6. The Morgan fingerprint density at radius 1 is 1.29 bits per heavy atom. The summed E-state index contributed by atoms with van der Waals surface area (Å²) >= 11 is 0. The first-order valence-corrected chi connectivity index (χ1v) is 6.25. The van der Waals surface area contributed by atoms with Gasteiger partial charge in [-0.2, -0.15) is 0 Å². The van der Waals surface area contributed by atoms with Gasteiger partial charge in [-0.1, -0.05) is 20.8 Å². The standard InChI is InChI=1S/C13H25NO3/c1-6-13(4,5)12(17)14(10(2)3)9-7-8-11(15)16/h10H,6-9H2,1-5H3,(H,15,16). The molecular weight excluding hydrogens is 218 g/mol. The summed E-state index contributed by atoms with van der Waals surface area (Å²) in [5, 5.41) is 8.61. The van der Waals surface area contributed by atoms with Crippen LogP contribution in [0.15, 0.2) is 0 Å². The van der Waals surface area contributed by atoms with E-state index < -0.39 is 5.97 Å². The van der Waals surface area contributed by atoms with Gasteiger partial charge in [-0.25, -0.2) is 0 Å². The second kappa shape index (κ2) is 6.62. The number of rotatable bonds is 7. The van der Waals surface area contributed by atoms with E-state index in [9.17, 15) is 9.59 Å². The predicted molar refractivity (Wildman–Crippen MR) is 67.8 cm³/mol. The highest BCUT2D eigenvalue weighted by atomic mass is 16.4. The van der Waals surface area contributed by atoms with Gasteiger partial charge < -0.3 is 10.0 Å². The van der Waals surface area contributed by atoms with Crippen LogP contribution in [-0.2, 0) is 9.59 Å². The molecule has 0 aromatic rings. The minimum Gasteiger partial charge on any atom is -0.481 e. The molecule has 17 heavy (non-hydrogen) atoms. The Bertz CT molecular complexity index is 272. The number of carboxylic acid groups (broad SMARTS) is 1. The van der Waals surface area contributed by atoms with E-state index in [1.165, 1.54) is 0 Å². The largest absolute Gasteiger partial charge is 0.481 e. The molecule has 0 fully saturated rings. The fourth-order valence-corrected chi connectivity index (χ4v) is 1.53. The summed E-state index contributed by atoms with van der Waals surface area (Å²) in [6.07, 6.45) is 1.41. The third-order valence-electron chi connectivity index (χ3n) is 3.14. The molecule has 0 atom stereocenters. The van der Waals surface area contributed by atoms with Crippen LogP contribution in [0.2, 0.25) is 0 Å². The summed E-state index contributed by atoms with van der Waals surface area (Å²) in [7, 11) is 0. The molecule has 4 heteroatoms. The van der Waals surface area contributed by atoms with Crippen LogP contribution in [0.3, 0.4) is 0 Å². The highest BCUT2D eigenvalue weighted by Gasteiger charge is 2.31. The maximum absolute atomic E-state index is 12.3. The van der Waals surface area contributed by atoms with Crippen LogP contribution >= 0.6 is 0 Å². The van der Waals surface area contributed by atoms with Gasteiger partial charge in [-0.15, -0.1) is 0 Å². The Morgan fingerprint density at radius 3 is 2.18 bits per heavy atom. The van der Waals surface area contributed by atoms with Gasteiger partial charge in [0.15, 0.2) is 0 Å². The van der Waals surface area contributed by atoms with E-state index in [0.717, 1.165) is 6.42 Å². The van der Waals surface area contributed by atoms with E-state index in [-0.39, 0.29) is 23.8 Å². The highest BCUT2D eigenvalue weighted by Crippen LogP contribution is 2.24. The topological polar surface area (TPSA) is 57.6 Å². The van der Waals surface area contributed by atoms with Crippen molar-refractivity contribution in [2.24, 2.45) is 5.41 Å². The van der Waals surface area contributed by atoms with E-state index in [1.54, 1.807) is 4.90 Å². The molecule has 0 aromatic heterocycles. The zero-order valence-electron chi connectivity index (χ0n) is 11.6. The van der Waals surface area contributed by atoms with Crippen molar-refractivity contribution in [3.8, 4) is 0 Å². The van der Waals surface area contributed by atoms with Crippen molar-refractivity contribution in [2.75, 3.05) is 6.54 Å². The van der Waals surface area contributed by atoms with Crippen molar-refractivity contribution in [3.63, 3.8) is 0 Å². The first kappa shape index (κ1) is 15.9. The smallest absolute Gasteiger partial charge is 0.303 e. The molecule has 0 heterocycles. The lowest BCUT2D eigenvalue weighted by Gasteiger charge is -2.34. The SMILES string of the molecule is CCC(C)(C)C(=O)N(CCCC(=O)O)C(C)C. The molecule has 1 amide bonds. The fourth-order valence-electron chi connectivity index (χ4n) is 1.53. The van der Waals surface area contributed by atoms with Gasteiger partial charge in [0, 0.05) is 24.4 Å². The molecule has 0 saturated carbocycles. The third-order valence-corrected chi connectivity index (χ3v) is 3.14. The number of hydrogen-bond acceptors (Lipinski definition) is 2. The minimum atomic E-state index is -0.809. The van der Waals surface area contributed by atoms with Crippen LogP contribution in [0.5, 0.6) is 0 Å². The fraction of sp³-hybridized carbons (Fsp3) is 0.846. The molecule has 0 rings (SSSR count). The average Bonchev–Trinajstić information content (AvgIpc) is 2.22. The highest BCUT2D eigenvalue weighted by molar-refractivity contribution is 5.82. The van der Waals surface area contributed by atoms with Gasteiger partial charge in [-0.05, 0) is 26.7 Å². The number of aliphatic carboxylic acids is 1. The van der Waals surface area contributed by atoms with Crippen LogP contribution in [0.25, 0.3) is 0 Å². The molecule has 0 saturated heterocycles. The first-order valence-electron chi connectivity index (χ1n) is 6.25. The molecule has 0 aromatic carbocycles. The number of hydrogen-bond donors (Lipinski definition) is 1. The van der Waals surface area contributed by atoms with Gasteiger partial charge in [0.1, 0.15) is 0 Å². The lowest BCUT2D eigenvalue weighted by atomic mass is 9.88. The molecule has 1 N–H and O–H groups in total. The Labute approximate surface area is 104 Å². The summed E-state index contributed by atoms with van der Waals surface area (Å²) in [5.74, 6) is -0.698. The Hall–Kier alpha value is -1.06. The summed E-state index contributed by atoms with van der Waals surface area (Å²) in [5.41, 5.74) is -0.368. The van der Waals surface area contributed by atoms with Gasteiger partial charge in [0.05, 0.1) is 0 Å². The van der Waals surface area contributed by atoms with E-state index in [1.807, 2.05) is 34.6 Å². The lowest BCUT2D eigenvalue weighted by Crippen LogP contribution is -2.45. The molecule has 0 aliphatic carbocycles. The normalized spacial score (nSPS) is 11.6. The number of carboxylic acids is 1. The Kier molecular flexibility index (Phi) is 6.21. The molecule has 0 radical (unpaired) electrons. The number of carbonyl (C=O) groups is 2. The first-order chi connectivity index (χ1) is 7.72. The molecule has 100 valence electrons. The Balaban J connectivity index is 4.53. The van der Waals surface area contributed by atoms with Gasteiger partial charge in [0.25, 0.3) is 0 Å². The van der Waals surface area contributed by atoms with Crippen LogP contribution in [0, 0.1) is 5.41 Å². The van der Waals surface area contributed by atoms with Gasteiger partial charge >= 0.3 is 5.97 Å². The van der Waals surface area contributed by atoms with Crippen molar-refractivity contribution < 1.29 is 14.7 Å². The number of nitrogens with zero attached hydrogens (tertiary/aromatic N) is 1. The van der Waals surface area contributed by atoms with Gasteiger partial charge in [0.2, 0.25) is 5.91 Å². The summed E-state index contributed by atoms with van der Waals surface area (Å²) in [4.78, 5) is 24.5. The third kappa shape index (κ3) is 5.20. The van der Waals surface area contributed by atoms with E-state index in [0.29, 0.717) is 13.0 Å². The molecule has 0 bridgehead atoms. The van der Waals surface area contributed by atoms with E-state index in [4.69, 9.17) is 5.11 Å². The second-order valence-corrected chi connectivity index (χ2v) is 5.33. The second-order valence-electron chi connectivity index (χ2n) is 5.33. The van der Waals surface area contributed by atoms with Crippen molar-refractivity contribution in [2.45, 2.75) is 59.9 Å². The van der Waals surface area contributed by atoms with Crippen molar-refractivity contribution in [3.05, 3.63) is 0 Å². The van der Waals surface area contributed by atoms with Gasteiger partial charge in [-0.3, -0.25) is 9.59 Å².